The highest BCUT2D eigenvalue weighted by Gasteiger charge is 2.38. The molecule has 0 radical (unpaired) electrons. The lowest BCUT2D eigenvalue weighted by Crippen LogP contribution is -2.56. The zero-order valence-corrected chi connectivity index (χ0v) is 13.5. The number of sulfonamides is 1. The molecule has 7 heteroatoms. The number of halogens is 1. The van der Waals surface area contributed by atoms with Crippen molar-refractivity contribution in [3.63, 3.8) is 0 Å². The van der Waals surface area contributed by atoms with Crippen molar-refractivity contribution in [1.29, 1.82) is 0 Å². The zero-order valence-electron chi connectivity index (χ0n) is 11.9. The summed E-state index contributed by atoms with van der Waals surface area (Å²) in [6.07, 6.45) is -0.178. The maximum absolute atomic E-state index is 12.4. The van der Waals surface area contributed by atoms with E-state index in [2.05, 4.69) is 4.98 Å². The van der Waals surface area contributed by atoms with Crippen LogP contribution in [0.5, 0.6) is 5.88 Å². The second kappa shape index (κ2) is 5.87. The van der Waals surface area contributed by atoms with Gasteiger partial charge in [0, 0.05) is 16.8 Å². The van der Waals surface area contributed by atoms with E-state index in [0.717, 1.165) is 5.69 Å². The molecule has 1 aromatic carbocycles. The van der Waals surface area contributed by atoms with E-state index in [1.807, 2.05) is 19.1 Å². The molecule has 1 aromatic heterocycles. The van der Waals surface area contributed by atoms with Gasteiger partial charge in [0.25, 0.3) is 0 Å². The van der Waals surface area contributed by atoms with E-state index in [9.17, 15) is 8.42 Å². The molecule has 2 aromatic rings. The van der Waals surface area contributed by atoms with Crippen molar-refractivity contribution in [2.24, 2.45) is 0 Å². The second-order valence-corrected chi connectivity index (χ2v) is 7.51. The lowest BCUT2D eigenvalue weighted by Gasteiger charge is -2.37. The fraction of sp³-hybridized carbons (Fsp3) is 0.267. The van der Waals surface area contributed by atoms with Crippen LogP contribution in [-0.2, 0) is 10.0 Å². The van der Waals surface area contributed by atoms with E-state index in [-0.39, 0.29) is 11.0 Å². The average molecular weight is 339 g/mol. The van der Waals surface area contributed by atoms with Gasteiger partial charge < -0.3 is 4.74 Å². The standard InChI is InChI=1S/C15H15ClN2O3S/c1-11-4-2-7-15(17-11)21-13-9-18(10-13)22(19,20)14-6-3-5-12(16)8-14/h2-8,13H,9-10H2,1H3. The normalized spacial score (nSPS) is 16.3. The number of nitrogens with zero attached hydrogens (tertiary/aromatic N) is 2. The largest absolute Gasteiger partial charge is 0.472 e. The summed E-state index contributed by atoms with van der Waals surface area (Å²) in [7, 11) is -3.51. The fourth-order valence-electron chi connectivity index (χ4n) is 2.20. The number of hydrogen-bond donors (Lipinski definition) is 0. The van der Waals surface area contributed by atoms with E-state index >= 15 is 0 Å². The number of hydrogen-bond acceptors (Lipinski definition) is 4. The number of benzene rings is 1. The third kappa shape index (κ3) is 3.09. The third-order valence-corrected chi connectivity index (χ3v) is 5.46. The molecule has 116 valence electrons. The number of ether oxygens (including phenoxy) is 1. The van der Waals surface area contributed by atoms with Gasteiger partial charge in [0.2, 0.25) is 15.9 Å². The number of pyridine rings is 1. The highest BCUT2D eigenvalue weighted by molar-refractivity contribution is 7.89. The van der Waals surface area contributed by atoms with Crippen molar-refractivity contribution in [1.82, 2.24) is 9.29 Å². The Kier molecular flexibility index (Phi) is 4.08. The van der Waals surface area contributed by atoms with Gasteiger partial charge in [0.05, 0.1) is 18.0 Å². The zero-order chi connectivity index (χ0) is 15.7. The lowest BCUT2D eigenvalue weighted by molar-refractivity contribution is 0.0719. The Morgan fingerprint density at radius 3 is 2.64 bits per heavy atom. The minimum atomic E-state index is -3.51. The first-order chi connectivity index (χ1) is 10.4. The Morgan fingerprint density at radius 1 is 1.23 bits per heavy atom. The van der Waals surface area contributed by atoms with Gasteiger partial charge in [-0.15, -0.1) is 0 Å². The van der Waals surface area contributed by atoms with Crippen LogP contribution in [0, 0.1) is 6.92 Å². The molecule has 0 unspecified atom stereocenters. The maximum atomic E-state index is 12.4. The van der Waals surface area contributed by atoms with Crippen LogP contribution in [-0.4, -0.2) is 36.9 Å². The van der Waals surface area contributed by atoms with Crippen molar-refractivity contribution < 1.29 is 13.2 Å². The molecule has 0 atom stereocenters. The summed E-state index contributed by atoms with van der Waals surface area (Å²) in [5.74, 6) is 0.518. The Morgan fingerprint density at radius 2 is 1.95 bits per heavy atom. The minimum absolute atomic E-state index is 0.178. The molecule has 22 heavy (non-hydrogen) atoms. The van der Waals surface area contributed by atoms with Crippen LogP contribution >= 0.6 is 11.6 Å². The SMILES string of the molecule is Cc1cccc(OC2CN(S(=O)(=O)c3cccc(Cl)c3)C2)n1. The topological polar surface area (TPSA) is 59.5 Å². The first-order valence-corrected chi connectivity index (χ1v) is 8.63. The summed E-state index contributed by atoms with van der Waals surface area (Å²) in [6, 6.07) is 11.8. The fourth-order valence-corrected chi connectivity index (χ4v) is 4.01. The Hall–Kier alpha value is -1.63. The van der Waals surface area contributed by atoms with Gasteiger partial charge in [-0.3, -0.25) is 0 Å². The van der Waals surface area contributed by atoms with Crippen molar-refractivity contribution >= 4 is 21.6 Å². The Labute approximate surface area is 134 Å². The van der Waals surface area contributed by atoms with E-state index in [1.54, 1.807) is 18.2 Å². The molecule has 0 spiro atoms. The van der Waals surface area contributed by atoms with E-state index in [0.29, 0.717) is 24.0 Å². The van der Waals surface area contributed by atoms with Gasteiger partial charge in [0.1, 0.15) is 6.10 Å². The summed E-state index contributed by atoms with van der Waals surface area (Å²) in [6.45, 7) is 2.50. The highest BCUT2D eigenvalue weighted by atomic mass is 35.5. The van der Waals surface area contributed by atoms with Crippen LogP contribution in [0.25, 0.3) is 0 Å². The number of rotatable bonds is 4. The lowest BCUT2D eigenvalue weighted by atomic mass is 10.2. The molecule has 2 heterocycles. The van der Waals surface area contributed by atoms with Crippen molar-refractivity contribution in [3.05, 3.63) is 53.2 Å². The van der Waals surface area contributed by atoms with Gasteiger partial charge >= 0.3 is 0 Å². The first kappa shape index (κ1) is 15.3. The minimum Gasteiger partial charge on any atom is -0.472 e. The summed E-state index contributed by atoms with van der Waals surface area (Å²) >= 11 is 5.85. The predicted molar refractivity (Wildman–Crippen MR) is 83.6 cm³/mol. The predicted octanol–water partition coefficient (Wildman–Crippen LogP) is 2.50. The molecule has 1 aliphatic rings. The van der Waals surface area contributed by atoms with Crippen LogP contribution in [0.4, 0.5) is 0 Å². The van der Waals surface area contributed by atoms with Crippen LogP contribution in [0.1, 0.15) is 5.69 Å². The monoisotopic (exact) mass is 338 g/mol. The van der Waals surface area contributed by atoms with E-state index in [4.69, 9.17) is 16.3 Å². The van der Waals surface area contributed by atoms with Gasteiger partial charge in [-0.25, -0.2) is 13.4 Å². The maximum Gasteiger partial charge on any atom is 0.243 e. The van der Waals surface area contributed by atoms with Crippen LogP contribution in [0.15, 0.2) is 47.4 Å². The van der Waals surface area contributed by atoms with Gasteiger partial charge in [-0.2, -0.15) is 4.31 Å². The van der Waals surface area contributed by atoms with Crippen molar-refractivity contribution in [2.75, 3.05) is 13.1 Å². The van der Waals surface area contributed by atoms with Crippen LogP contribution in [0.2, 0.25) is 5.02 Å². The quantitative estimate of drug-likeness (QED) is 0.859. The molecular formula is C15H15ClN2O3S. The van der Waals surface area contributed by atoms with Crippen molar-refractivity contribution in [3.8, 4) is 5.88 Å². The summed E-state index contributed by atoms with van der Waals surface area (Å²) in [4.78, 5) is 4.45. The van der Waals surface area contributed by atoms with Gasteiger partial charge in [0.15, 0.2) is 0 Å². The van der Waals surface area contributed by atoms with Crippen LogP contribution < -0.4 is 4.74 Å². The molecule has 3 rings (SSSR count). The average Bonchev–Trinajstić information content (AvgIpc) is 2.42. The molecule has 1 aliphatic heterocycles. The van der Waals surface area contributed by atoms with E-state index in [1.165, 1.54) is 16.4 Å². The number of aromatic nitrogens is 1. The van der Waals surface area contributed by atoms with Crippen molar-refractivity contribution in [2.45, 2.75) is 17.9 Å². The second-order valence-electron chi connectivity index (χ2n) is 5.14. The Balaban J connectivity index is 1.65. The molecule has 0 saturated carbocycles. The molecule has 0 aliphatic carbocycles. The smallest absolute Gasteiger partial charge is 0.243 e. The molecule has 1 fully saturated rings. The van der Waals surface area contributed by atoms with E-state index < -0.39 is 10.0 Å². The van der Waals surface area contributed by atoms with Crippen LogP contribution in [0.3, 0.4) is 0 Å². The third-order valence-electron chi connectivity index (χ3n) is 3.40. The molecule has 1 saturated heterocycles. The summed E-state index contributed by atoms with van der Waals surface area (Å²) in [5.41, 5.74) is 0.861. The highest BCUT2D eigenvalue weighted by Crippen LogP contribution is 2.25. The molecule has 0 N–H and O–H groups in total. The first-order valence-electron chi connectivity index (χ1n) is 6.81. The summed E-state index contributed by atoms with van der Waals surface area (Å²) in [5, 5.41) is 0.401. The molecule has 0 bridgehead atoms. The Bertz CT molecular complexity index is 789. The van der Waals surface area contributed by atoms with Gasteiger partial charge in [-0.1, -0.05) is 23.7 Å². The number of aryl methyl sites for hydroxylation is 1. The summed E-state index contributed by atoms with van der Waals surface area (Å²) < 4.78 is 31.9. The molecule has 0 amide bonds. The molecular weight excluding hydrogens is 324 g/mol. The molecule has 5 nitrogen and oxygen atoms in total. The van der Waals surface area contributed by atoms with Gasteiger partial charge in [-0.05, 0) is 31.2 Å².